The molecule has 0 fully saturated rings. The molecule has 0 aromatic heterocycles. The van der Waals surface area contributed by atoms with Gasteiger partial charge in [0.2, 0.25) is 0 Å². The molecule has 1 unspecified atom stereocenters. The predicted octanol–water partition coefficient (Wildman–Crippen LogP) is 4.76. The van der Waals surface area contributed by atoms with Crippen LogP contribution in [0.25, 0.3) is 0 Å². The van der Waals surface area contributed by atoms with E-state index in [1.165, 1.54) is 22.3 Å². The van der Waals surface area contributed by atoms with Crippen molar-refractivity contribution < 1.29 is 0 Å². The zero-order chi connectivity index (χ0) is 13.8. The van der Waals surface area contributed by atoms with E-state index >= 15 is 0 Å². The highest BCUT2D eigenvalue weighted by atomic mass is 79.9. The highest BCUT2D eigenvalue weighted by molar-refractivity contribution is 9.10. The topological polar surface area (TPSA) is 26.0 Å². The Balaban J connectivity index is 2.35. The maximum absolute atomic E-state index is 6.43. The molecular weight excluding hydrogens is 298 g/mol. The Kier molecular flexibility index (Phi) is 4.78. The molecule has 0 bridgehead atoms. The lowest BCUT2D eigenvalue weighted by atomic mass is 9.94. The highest BCUT2D eigenvalue weighted by Crippen LogP contribution is 2.27. The maximum atomic E-state index is 6.43. The summed E-state index contributed by atoms with van der Waals surface area (Å²) in [6.45, 7) is 4.31. The van der Waals surface area contributed by atoms with Crippen LogP contribution in [0.4, 0.5) is 0 Å². The normalized spacial score (nSPS) is 12.4. The number of hydrogen-bond donors (Lipinski definition) is 1. The Morgan fingerprint density at radius 2 is 1.89 bits per heavy atom. The highest BCUT2D eigenvalue weighted by Gasteiger charge is 2.13. The van der Waals surface area contributed by atoms with E-state index in [0.29, 0.717) is 0 Å². The summed E-state index contributed by atoms with van der Waals surface area (Å²) in [7, 11) is 0. The maximum Gasteiger partial charge on any atom is 0.0554 e. The van der Waals surface area contributed by atoms with Gasteiger partial charge in [-0.15, -0.1) is 0 Å². The number of benzene rings is 2. The van der Waals surface area contributed by atoms with E-state index in [2.05, 4.69) is 66.2 Å². The van der Waals surface area contributed by atoms with Gasteiger partial charge >= 0.3 is 0 Å². The van der Waals surface area contributed by atoms with Crippen molar-refractivity contribution in [1.29, 1.82) is 0 Å². The first kappa shape index (κ1) is 14.3. The van der Waals surface area contributed by atoms with E-state index in [-0.39, 0.29) is 6.04 Å². The summed E-state index contributed by atoms with van der Waals surface area (Å²) in [5.41, 5.74) is 11.4. The molecule has 0 amide bonds. The molecule has 0 aliphatic rings. The molecular formula is C17H20BrN. The van der Waals surface area contributed by atoms with Crippen LogP contribution in [-0.2, 0) is 6.42 Å². The molecule has 19 heavy (non-hydrogen) atoms. The van der Waals surface area contributed by atoms with Crippen molar-refractivity contribution in [2.45, 2.75) is 32.7 Å². The van der Waals surface area contributed by atoms with Gasteiger partial charge in [0.15, 0.2) is 0 Å². The summed E-state index contributed by atoms with van der Waals surface area (Å²) in [5.74, 6) is 0. The Morgan fingerprint density at radius 1 is 1.16 bits per heavy atom. The first-order valence-corrected chi connectivity index (χ1v) is 7.52. The van der Waals surface area contributed by atoms with Gasteiger partial charge in [0, 0.05) is 4.47 Å². The summed E-state index contributed by atoms with van der Waals surface area (Å²) >= 11 is 3.57. The molecule has 2 N–H and O–H groups in total. The second kappa shape index (κ2) is 6.36. The molecule has 2 heteroatoms. The minimum absolute atomic E-state index is 0.0608. The van der Waals surface area contributed by atoms with Gasteiger partial charge in [-0.1, -0.05) is 65.7 Å². The number of nitrogens with two attached hydrogens (primary N) is 1. The average Bonchev–Trinajstić information content (AvgIpc) is 2.42. The SMILES string of the molecule is CCCc1cccc(C(N)c2cccc(Br)c2C)c1. The molecule has 2 rings (SSSR count). The molecule has 0 heterocycles. The van der Waals surface area contributed by atoms with Crippen molar-refractivity contribution in [2.75, 3.05) is 0 Å². The van der Waals surface area contributed by atoms with E-state index in [1.807, 2.05) is 6.07 Å². The van der Waals surface area contributed by atoms with Crippen molar-refractivity contribution in [3.63, 3.8) is 0 Å². The largest absolute Gasteiger partial charge is 0.320 e. The zero-order valence-electron chi connectivity index (χ0n) is 11.5. The molecule has 0 aliphatic carbocycles. The second-order valence-corrected chi connectivity index (χ2v) is 5.78. The third-order valence-electron chi connectivity index (χ3n) is 3.49. The van der Waals surface area contributed by atoms with Gasteiger partial charge in [-0.25, -0.2) is 0 Å². The van der Waals surface area contributed by atoms with Crippen molar-refractivity contribution >= 4 is 15.9 Å². The van der Waals surface area contributed by atoms with E-state index in [1.54, 1.807) is 0 Å². The summed E-state index contributed by atoms with van der Waals surface area (Å²) < 4.78 is 1.12. The molecule has 0 saturated heterocycles. The summed E-state index contributed by atoms with van der Waals surface area (Å²) in [4.78, 5) is 0. The fraction of sp³-hybridized carbons (Fsp3) is 0.294. The Morgan fingerprint density at radius 3 is 2.63 bits per heavy atom. The fourth-order valence-corrected chi connectivity index (χ4v) is 2.75. The van der Waals surface area contributed by atoms with Crippen LogP contribution >= 0.6 is 15.9 Å². The number of halogens is 1. The quantitative estimate of drug-likeness (QED) is 0.864. The van der Waals surface area contributed by atoms with Crippen LogP contribution in [0, 0.1) is 6.92 Å². The Labute approximate surface area is 124 Å². The van der Waals surface area contributed by atoms with Gasteiger partial charge in [0.25, 0.3) is 0 Å². The molecule has 100 valence electrons. The van der Waals surface area contributed by atoms with Crippen molar-refractivity contribution in [3.8, 4) is 0 Å². The summed E-state index contributed by atoms with van der Waals surface area (Å²) in [6.07, 6.45) is 2.27. The van der Waals surface area contributed by atoms with E-state index < -0.39 is 0 Å². The van der Waals surface area contributed by atoms with Crippen molar-refractivity contribution in [1.82, 2.24) is 0 Å². The van der Waals surface area contributed by atoms with Crippen LogP contribution in [0.15, 0.2) is 46.9 Å². The van der Waals surface area contributed by atoms with Gasteiger partial charge < -0.3 is 5.73 Å². The van der Waals surface area contributed by atoms with Crippen LogP contribution in [0.3, 0.4) is 0 Å². The molecule has 0 saturated carbocycles. The summed E-state index contributed by atoms with van der Waals surface area (Å²) in [5, 5.41) is 0. The fourth-order valence-electron chi connectivity index (χ4n) is 2.37. The molecule has 0 spiro atoms. The van der Waals surface area contributed by atoms with Crippen molar-refractivity contribution in [3.05, 3.63) is 69.2 Å². The van der Waals surface area contributed by atoms with Crippen LogP contribution in [0.2, 0.25) is 0 Å². The zero-order valence-corrected chi connectivity index (χ0v) is 13.1. The number of aryl methyl sites for hydroxylation is 1. The molecule has 2 aromatic carbocycles. The number of rotatable bonds is 4. The third kappa shape index (κ3) is 3.26. The van der Waals surface area contributed by atoms with Crippen molar-refractivity contribution in [2.24, 2.45) is 5.73 Å². The molecule has 2 aromatic rings. The van der Waals surface area contributed by atoms with Gasteiger partial charge in [-0.2, -0.15) is 0 Å². The monoisotopic (exact) mass is 317 g/mol. The molecule has 0 radical (unpaired) electrons. The average molecular weight is 318 g/mol. The van der Waals surface area contributed by atoms with E-state index in [4.69, 9.17) is 5.73 Å². The minimum atomic E-state index is -0.0608. The Bertz CT molecular complexity index is 563. The first-order valence-electron chi connectivity index (χ1n) is 6.73. The molecule has 1 atom stereocenters. The minimum Gasteiger partial charge on any atom is -0.320 e. The van der Waals surface area contributed by atoms with Crippen LogP contribution in [-0.4, -0.2) is 0 Å². The van der Waals surface area contributed by atoms with Crippen LogP contribution in [0.1, 0.15) is 41.6 Å². The lowest BCUT2D eigenvalue weighted by molar-refractivity contribution is 0.849. The smallest absolute Gasteiger partial charge is 0.0554 e. The molecule has 0 aliphatic heterocycles. The third-order valence-corrected chi connectivity index (χ3v) is 4.35. The lowest BCUT2D eigenvalue weighted by Crippen LogP contribution is -2.13. The van der Waals surface area contributed by atoms with Gasteiger partial charge in [0.1, 0.15) is 0 Å². The van der Waals surface area contributed by atoms with Crippen LogP contribution < -0.4 is 5.73 Å². The first-order chi connectivity index (χ1) is 9.13. The standard InChI is InChI=1S/C17H20BrN/c1-3-6-13-7-4-8-14(11-13)17(19)15-9-5-10-16(18)12(15)2/h4-5,7-11,17H,3,6,19H2,1-2H3. The van der Waals surface area contributed by atoms with E-state index in [0.717, 1.165) is 17.3 Å². The Hall–Kier alpha value is -1.12. The lowest BCUT2D eigenvalue weighted by Gasteiger charge is -2.17. The second-order valence-electron chi connectivity index (χ2n) is 4.93. The van der Waals surface area contributed by atoms with E-state index in [9.17, 15) is 0 Å². The predicted molar refractivity (Wildman–Crippen MR) is 85.3 cm³/mol. The molecule has 1 nitrogen and oxygen atoms in total. The van der Waals surface area contributed by atoms with Crippen LogP contribution in [0.5, 0.6) is 0 Å². The number of hydrogen-bond acceptors (Lipinski definition) is 1. The summed E-state index contributed by atoms with van der Waals surface area (Å²) in [6, 6.07) is 14.8. The van der Waals surface area contributed by atoms with Gasteiger partial charge in [0.05, 0.1) is 6.04 Å². The van der Waals surface area contributed by atoms with Gasteiger partial charge in [-0.3, -0.25) is 0 Å². The van der Waals surface area contributed by atoms with Gasteiger partial charge in [-0.05, 0) is 41.7 Å².